The summed E-state index contributed by atoms with van der Waals surface area (Å²) >= 11 is 0.889. The first-order chi connectivity index (χ1) is 2.41. The van der Waals surface area contributed by atoms with Crippen molar-refractivity contribution in [3.05, 3.63) is 15.5 Å². The molecule has 0 bridgehead atoms. The van der Waals surface area contributed by atoms with Crippen LogP contribution in [0, 0.1) is 0 Å². The third kappa shape index (κ3) is 4.47. The van der Waals surface area contributed by atoms with Crippen molar-refractivity contribution in [2.24, 2.45) is 0 Å². The average molecular weight is 260 g/mol. The third-order valence-corrected chi connectivity index (χ3v) is 0.941. The molecule has 2 heteroatoms. The zero-order chi connectivity index (χ0) is 4.12. The van der Waals surface area contributed by atoms with Crippen LogP contribution < -0.4 is 0 Å². The number of rotatable bonds is 0. The Hall–Kier alpha value is 0.468. The Morgan fingerprint density at radius 2 is 2.40 bits per heavy atom. The topological polar surface area (TPSA) is 0 Å². The van der Waals surface area contributed by atoms with Crippen LogP contribution in [0.5, 0.6) is 0 Å². The van der Waals surface area contributed by atoms with Crippen LogP contribution in [0.1, 0.15) is 0 Å². The van der Waals surface area contributed by atoms with Gasteiger partial charge in [0.05, 0.1) is 0 Å². The summed E-state index contributed by atoms with van der Waals surface area (Å²) in [6, 6.07) is 0. The first-order valence-corrected chi connectivity index (χ1v) is 3.84. The van der Waals surface area contributed by atoms with Gasteiger partial charge in [0.1, 0.15) is 0 Å². The van der Waals surface area contributed by atoms with Gasteiger partial charge >= 0.3 is 48.1 Å². The SMILES string of the molecule is [B]C=C=[CH][BiH2]. The van der Waals surface area contributed by atoms with Crippen LogP contribution in [-0.4, -0.2) is 32.6 Å². The Morgan fingerprint density at radius 3 is 2.40 bits per heavy atom. The summed E-state index contributed by atoms with van der Waals surface area (Å²) < 4.78 is 1.92. The van der Waals surface area contributed by atoms with Crippen molar-refractivity contribution >= 4 is 32.6 Å². The van der Waals surface area contributed by atoms with E-state index >= 15 is 0 Å². The van der Waals surface area contributed by atoms with E-state index in [0.717, 1.165) is 24.7 Å². The first kappa shape index (κ1) is 5.47. The first-order valence-electron chi connectivity index (χ1n) is 1.24. The second kappa shape index (κ2) is 4.47. The summed E-state index contributed by atoms with van der Waals surface area (Å²) in [5.74, 6) is 1.42. The molecule has 5 heavy (non-hydrogen) atoms. The van der Waals surface area contributed by atoms with E-state index in [1.54, 1.807) is 0 Å². The van der Waals surface area contributed by atoms with Gasteiger partial charge in [-0.05, 0) is 0 Å². The van der Waals surface area contributed by atoms with Crippen molar-refractivity contribution < 1.29 is 0 Å². The van der Waals surface area contributed by atoms with Crippen LogP contribution in [0.4, 0.5) is 0 Å². The van der Waals surface area contributed by atoms with Gasteiger partial charge in [-0.2, -0.15) is 0 Å². The molecule has 0 aliphatic rings. The van der Waals surface area contributed by atoms with E-state index in [1.165, 1.54) is 5.98 Å². The van der Waals surface area contributed by atoms with E-state index in [4.69, 9.17) is 7.85 Å². The van der Waals surface area contributed by atoms with Gasteiger partial charge < -0.3 is 0 Å². The second-order valence-electron chi connectivity index (χ2n) is 0.500. The molecule has 0 N–H and O–H groups in total. The van der Waals surface area contributed by atoms with Crippen LogP contribution in [0.15, 0.2) is 15.5 Å². The molecule has 0 aliphatic carbocycles. The van der Waals surface area contributed by atoms with E-state index in [9.17, 15) is 0 Å². The maximum atomic E-state index is 4.90. The molecule has 0 saturated heterocycles. The molecule has 24 valence electrons. The number of hydrogen-bond acceptors (Lipinski definition) is 0. The van der Waals surface area contributed by atoms with Gasteiger partial charge in [-0.25, -0.2) is 0 Å². The van der Waals surface area contributed by atoms with E-state index in [-0.39, 0.29) is 0 Å². The zero-order valence-electron chi connectivity index (χ0n) is 2.81. The van der Waals surface area contributed by atoms with Gasteiger partial charge in [0.25, 0.3) is 0 Å². The third-order valence-electron chi connectivity index (χ3n) is 0.192. The Labute approximate surface area is 48.2 Å². The molecule has 0 atom stereocenters. The molecule has 0 aliphatic heterocycles. The molecular weight excluding hydrogens is 256 g/mol. The molecule has 0 aromatic heterocycles. The van der Waals surface area contributed by atoms with Crippen molar-refractivity contribution in [1.29, 1.82) is 0 Å². The fraction of sp³-hybridized carbons (Fsp3) is 0. The average Bonchev–Trinajstić information content (AvgIpc) is 1.41. The molecule has 0 fully saturated rings. The fourth-order valence-electron chi connectivity index (χ4n) is 0.0556. The molecule has 0 saturated carbocycles. The predicted octanol–water partition coefficient (Wildman–Crippen LogP) is -0.586. The minimum absolute atomic E-state index is 0.889. The standard InChI is InChI=1S/C3H2B.Bi.2H/c1-2-3-4;;;/h1,3H;;;. The van der Waals surface area contributed by atoms with E-state index in [2.05, 4.69) is 5.73 Å². The van der Waals surface area contributed by atoms with Crippen LogP contribution in [-0.2, 0) is 0 Å². The van der Waals surface area contributed by atoms with Crippen LogP contribution >= 0.6 is 0 Å². The zero-order valence-corrected chi connectivity index (χ0v) is 7.30. The van der Waals surface area contributed by atoms with Crippen molar-refractivity contribution in [1.82, 2.24) is 0 Å². The summed E-state index contributed by atoms with van der Waals surface area (Å²) in [7, 11) is 4.90. The molecule has 0 heterocycles. The Kier molecular flexibility index (Phi) is 4.89. The van der Waals surface area contributed by atoms with Gasteiger partial charge in [0.2, 0.25) is 0 Å². The van der Waals surface area contributed by atoms with Gasteiger partial charge in [0, 0.05) is 0 Å². The Morgan fingerprint density at radius 1 is 1.80 bits per heavy atom. The van der Waals surface area contributed by atoms with Crippen molar-refractivity contribution in [3.8, 4) is 0 Å². The molecule has 0 aromatic rings. The van der Waals surface area contributed by atoms with Gasteiger partial charge in [0.15, 0.2) is 0 Å². The maximum absolute atomic E-state index is 4.90. The second-order valence-corrected chi connectivity index (χ2v) is 1.80. The summed E-state index contributed by atoms with van der Waals surface area (Å²) in [5.41, 5.74) is 2.71. The predicted molar refractivity (Wildman–Crippen MR) is 27.0 cm³/mol. The summed E-state index contributed by atoms with van der Waals surface area (Å²) in [6.07, 6.45) is 0. The molecule has 0 rings (SSSR count). The van der Waals surface area contributed by atoms with Gasteiger partial charge in [-0.1, -0.05) is 0 Å². The van der Waals surface area contributed by atoms with E-state index < -0.39 is 0 Å². The van der Waals surface area contributed by atoms with Crippen molar-refractivity contribution in [3.63, 3.8) is 0 Å². The Balaban J connectivity index is 3.26. The molecule has 0 unspecified atom stereocenters. The number of hydrogen-bond donors (Lipinski definition) is 0. The minimum atomic E-state index is 0.889. The Bertz CT molecular complexity index is 55.3. The van der Waals surface area contributed by atoms with Gasteiger partial charge in [-0.3, -0.25) is 0 Å². The quantitative estimate of drug-likeness (QED) is 0.403. The molecule has 0 aromatic carbocycles. The van der Waals surface area contributed by atoms with E-state index in [0.29, 0.717) is 0 Å². The molecule has 2 radical (unpaired) electrons. The van der Waals surface area contributed by atoms with Crippen LogP contribution in [0.3, 0.4) is 0 Å². The fourth-order valence-corrected chi connectivity index (χ4v) is 0.487. The van der Waals surface area contributed by atoms with Crippen LogP contribution in [0.25, 0.3) is 0 Å². The molecule has 0 nitrogen and oxygen atoms in total. The molecule has 0 amide bonds. The summed E-state index contributed by atoms with van der Waals surface area (Å²) in [5, 5.41) is 0. The normalized spacial score (nSPS) is 5.00. The summed E-state index contributed by atoms with van der Waals surface area (Å²) in [4.78, 5) is 0. The van der Waals surface area contributed by atoms with Crippen molar-refractivity contribution in [2.45, 2.75) is 0 Å². The molecule has 0 spiro atoms. The van der Waals surface area contributed by atoms with E-state index in [1.807, 2.05) is 3.78 Å². The monoisotopic (exact) mass is 260 g/mol. The van der Waals surface area contributed by atoms with Gasteiger partial charge in [-0.15, -0.1) is 0 Å². The summed E-state index contributed by atoms with van der Waals surface area (Å²) in [6.45, 7) is 0. The van der Waals surface area contributed by atoms with Crippen molar-refractivity contribution in [2.75, 3.05) is 0 Å². The molecular formula is C3H4BBi. The van der Waals surface area contributed by atoms with Crippen LogP contribution in [0.2, 0.25) is 0 Å².